The second kappa shape index (κ2) is 15.2. The molecule has 1 unspecified atom stereocenters. The van der Waals surface area contributed by atoms with Crippen molar-refractivity contribution in [3.05, 3.63) is 130 Å². The van der Waals surface area contributed by atoms with Crippen molar-refractivity contribution in [1.82, 2.24) is 15.1 Å². The minimum Gasteiger partial charge on any atom is -0.351 e. The highest BCUT2D eigenvalue weighted by molar-refractivity contribution is 6.30. The third-order valence-electron chi connectivity index (χ3n) is 8.43. The first-order valence-electron chi connectivity index (χ1n) is 15.4. The van der Waals surface area contributed by atoms with Crippen molar-refractivity contribution in [3.8, 4) is 11.1 Å². The van der Waals surface area contributed by atoms with Gasteiger partial charge in [0, 0.05) is 49.4 Å². The van der Waals surface area contributed by atoms with E-state index >= 15 is 0 Å². The van der Waals surface area contributed by atoms with E-state index in [0.29, 0.717) is 30.1 Å². The lowest BCUT2D eigenvalue weighted by Crippen LogP contribution is -2.48. The Hall–Kier alpha value is -3.97. The number of halogens is 1. The molecular formula is C37H41ClN4O2. The number of nitrogens with two attached hydrogens (primary N) is 1. The largest absolute Gasteiger partial charge is 0.351 e. The van der Waals surface area contributed by atoms with Gasteiger partial charge in [0.25, 0.3) is 5.91 Å². The third kappa shape index (κ3) is 7.94. The van der Waals surface area contributed by atoms with Crippen molar-refractivity contribution in [2.24, 2.45) is 5.73 Å². The summed E-state index contributed by atoms with van der Waals surface area (Å²) in [4.78, 5) is 31.6. The van der Waals surface area contributed by atoms with Gasteiger partial charge in [-0.2, -0.15) is 0 Å². The van der Waals surface area contributed by atoms with Gasteiger partial charge < -0.3 is 16.0 Å². The summed E-state index contributed by atoms with van der Waals surface area (Å²) in [6.45, 7) is 5.69. The van der Waals surface area contributed by atoms with Crippen molar-refractivity contribution >= 4 is 23.4 Å². The van der Waals surface area contributed by atoms with E-state index in [1.165, 1.54) is 5.56 Å². The molecular weight excluding hydrogens is 568 g/mol. The van der Waals surface area contributed by atoms with E-state index in [2.05, 4.69) is 58.4 Å². The number of benzene rings is 4. The van der Waals surface area contributed by atoms with Crippen LogP contribution in [0.2, 0.25) is 5.02 Å². The van der Waals surface area contributed by atoms with Gasteiger partial charge in [-0.3, -0.25) is 14.5 Å². The Labute approximate surface area is 265 Å². The molecule has 5 rings (SSSR count). The molecule has 2 amide bonds. The van der Waals surface area contributed by atoms with Gasteiger partial charge in [0.15, 0.2) is 0 Å². The third-order valence-corrected chi connectivity index (χ3v) is 8.67. The van der Waals surface area contributed by atoms with E-state index in [-0.39, 0.29) is 23.9 Å². The Balaban J connectivity index is 1.40. The van der Waals surface area contributed by atoms with E-state index in [9.17, 15) is 9.59 Å². The molecule has 1 saturated heterocycles. The van der Waals surface area contributed by atoms with Crippen molar-refractivity contribution in [2.45, 2.75) is 44.8 Å². The van der Waals surface area contributed by atoms with Crippen molar-refractivity contribution in [2.75, 3.05) is 26.2 Å². The zero-order valence-electron chi connectivity index (χ0n) is 25.3. The molecule has 1 atom stereocenters. The maximum atomic E-state index is 14.1. The molecule has 44 heavy (non-hydrogen) atoms. The number of carbonyl (C=O) groups excluding carboxylic acids is 2. The number of hydrogen-bond acceptors (Lipinski definition) is 4. The first-order chi connectivity index (χ1) is 21.4. The van der Waals surface area contributed by atoms with Crippen LogP contribution in [0, 0.1) is 0 Å². The molecule has 0 radical (unpaired) electrons. The van der Waals surface area contributed by atoms with E-state index in [1.54, 1.807) is 0 Å². The van der Waals surface area contributed by atoms with Crippen LogP contribution in [-0.4, -0.2) is 53.8 Å². The highest BCUT2D eigenvalue weighted by Gasteiger charge is 2.32. The summed E-state index contributed by atoms with van der Waals surface area (Å²) in [5, 5.41) is 3.52. The molecule has 1 aliphatic heterocycles. The van der Waals surface area contributed by atoms with Crippen LogP contribution in [0.1, 0.15) is 52.9 Å². The average molecular weight is 609 g/mol. The molecule has 6 nitrogen and oxygen atoms in total. The van der Waals surface area contributed by atoms with Crippen LogP contribution in [0.25, 0.3) is 11.1 Å². The summed E-state index contributed by atoms with van der Waals surface area (Å²) in [6.07, 6.45) is 2.10. The Morgan fingerprint density at radius 1 is 0.909 bits per heavy atom. The summed E-state index contributed by atoms with van der Waals surface area (Å²) < 4.78 is 0. The molecule has 0 saturated carbocycles. The molecule has 7 heteroatoms. The number of nitrogens with zero attached hydrogens (tertiary/aromatic N) is 2. The van der Waals surface area contributed by atoms with Gasteiger partial charge in [0.1, 0.15) is 0 Å². The molecule has 228 valence electrons. The Morgan fingerprint density at radius 3 is 2.36 bits per heavy atom. The predicted molar refractivity (Wildman–Crippen MR) is 178 cm³/mol. The monoisotopic (exact) mass is 608 g/mol. The summed E-state index contributed by atoms with van der Waals surface area (Å²) >= 11 is 6.27. The van der Waals surface area contributed by atoms with Gasteiger partial charge in [-0.15, -0.1) is 0 Å². The van der Waals surface area contributed by atoms with Gasteiger partial charge in [-0.25, -0.2) is 0 Å². The van der Waals surface area contributed by atoms with Crippen LogP contribution in [-0.2, 0) is 17.8 Å². The molecule has 0 spiro atoms. The SMILES string of the molecule is CC(c1cccc(-c2ccccc2C(=O)NCCN)c1)N(C(=O)Cc1cccc(Cl)c1)C1CCN(Cc2ccccc2)CC1. The summed E-state index contributed by atoms with van der Waals surface area (Å²) in [5.41, 5.74) is 11.3. The van der Waals surface area contributed by atoms with Crippen LogP contribution in [0.5, 0.6) is 0 Å². The van der Waals surface area contributed by atoms with E-state index < -0.39 is 0 Å². The highest BCUT2D eigenvalue weighted by atomic mass is 35.5. The Bertz CT molecular complexity index is 1550. The predicted octanol–water partition coefficient (Wildman–Crippen LogP) is 6.49. The number of likely N-dealkylation sites (tertiary alicyclic amines) is 1. The maximum absolute atomic E-state index is 14.1. The van der Waals surface area contributed by atoms with E-state index in [4.69, 9.17) is 17.3 Å². The lowest BCUT2D eigenvalue weighted by molar-refractivity contribution is -0.136. The fourth-order valence-electron chi connectivity index (χ4n) is 6.19. The minimum atomic E-state index is -0.162. The van der Waals surface area contributed by atoms with Crippen molar-refractivity contribution in [3.63, 3.8) is 0 Å². The van der Waals surface area contributed by atoms with Crippen LogP contribution in [0.15, 0.2) is 103 Å². The summed E-state index contributed by atoms with van der Waals surface area (Å²) in [5.74, 6) is -0.0571. The topological polar surface area (TPSA) is 78.7 Å². The van der Waals surface area contributed by atoms with Gasteiger partial charge >= 0.3 is 0 Å². The van der Waals surface area contributed by atoms with Gasteiger partial charge in [0.05, 0.1) is 12.5 Å². The van der Waals surface area contributed by atoms with Crippen LogP contribution < -0.4 is 11.1 Å². The summed E-state index contributed by atoms with van der Waals surface area (Å²) in [7, 11) is 0. The smallest absolute Gasteiger partial charge is 0.251 e. The molecule has 3 N–H and O–H groups in total. The van der Waals surface area contributed by atoms with Crippen molar-refractivity contribution in [1.29, 1.82) is 0 Å². The standard InChI is InChI=1S/C37H41ClN4O2/c1-27(30-12-8-13-31(25-30)34-15-5-6-16-35(34)37(44)40-20-19-39)42(36(43)24-29-11-7-14-32(38)23-29)33-17-21-41(22-18-33)26-28-9-3-2-4-10-28/h2-16,23,25,27,33H,17-22,24,26,39H2,1H3,(H,40,44). The van der Waals surface area contributed by atoms with E-state index in [0.717, 1.165) is 54.7 Å². The molecule has 1 heterocycles. The lowest BCUT2D eigenvalue weighted by Gasteiger charge is -2.42. The van der Waals surface area contributed by atoms with Crippen LogP contribution in [0.4, 0.5) is 0 Å². The number of piperidine rings is 1. The fraction of sp³-hybridized carbons (Fsp3) is 0.297. The molecule has 1 aliphatic rings. The Kier molecular flexibility index (Phi) is 10.8. The maximum Gasteiger partial charge on any atom is 0.251 e. The summed E-state index contributed by atoms with van der Waals surface area (Å²) in [6, 6.07) is 33.9. The Morgan fingerprint density at radius 2 is 1.61 bits per heavy atom. The second-order valence-corrected chi connectivity index (χ2v) is 11.9. The normalized spacial score (nSPS) is 14.6. The number of nitrogens with one attached hydrogen (secondary N) is 1. The zero-order chi connectivity index (χ0) is 30.9. The molecule has 4 aromatic carbocycles. The highest BCUT2D eigenvalue weighted by Crippen LogP contribution is 2.32. The molecule has 0 aromatic heterocycles. The number of rotatable bonds is 11. The quantitative estimate of drug-likeness (QED) is 0.204. The second-order valence-electron chi connectivity index (χ2n) is 11.5. The number of amides is 2. The lowest BCUT2D eigenvalue weighted by atomic mass is 9.93. The van der Waals surface area contributed by atoms with E-state index in [1.807, 2.05) is 66.7 Å². The van der Waals surface area contributed by atoms with Gasteiger partial charge in [-0.1, -0.05) is 90.5 Å². The first kappa shape index (κ1) is 31.5. The van der Waals surface area contributed by atoms with Crippen molar-refractivity contribution < 1.29 is 9.59 Å². The number of carbonyl (C=O) groups is 2. The van der Waals surface area contributed by atoms with Crippen LogP contribution >= 0.6 is 11.6 Å². The molecule has 4 aromatic rings. The van der Waals surface area contributed by atoms with Gasteiger partial charge in [-0.05, 0) is 71.8 Å². The molecule has 0 bridgehead atoms. The minimum absolute atomic E-state index is 0.0910. The average Bonchev–Trinajstić information content (AvgIpc) is 3.05. The zero-order valence-corrected chi connectivity index (χ0v) is 26.0. The van der Waals surface area contributed by atoms with Crippen LogP contribution in [0.3, 0.4) is 0 Å². The fourth-order valence-corrected chi connectivity index (χ4v) is 6.40. The molecule has 0 aliphatic carbocycles. The number of hydrogen-bond donors (Lipinski definition) is 2. The first-order valence-corrected chi connectivity index (χ1v) is 15.8. The molecule has 1 fully saturated rings. The van der Waals surface area contributed by atoms with Gasteiger partial charge in [0.2, 0.25) is 5.91 Å².